The van der Waals surface area contributed by atoms with Crippen LogP contribution in [0.3, 0.4) is 0 Å². The minimum Gasteiger partial charge on any atom is -0.438 e. The highest BCUT2D eigenvalue weighted by atomic mass is 79.9. The fourth-order valence-corrected chi connectivity index (χ4v) is 4.24. The quantitative estimate of drug-likeness (QED) is 0.675. The maximum absolute atomic E-state index is 13.4. The molecule has 2 aromatic carbocycles. The second kappa shape index (κ2) is 7.16. The molecule has 2 aromatic rings. The zero-order valence-corrected chi connectivity index (χ0v) is 17.3. The van der Waals surface area contributed by atoms with Crippen molar-refractivity contribution < 1.29 is 19.0 Å². The average Bonchev–Trinajstić information content (AvgIpc) is 3.39. The van der Waals surface area contributed by atoms with E-state index >= 15 is 0 Å². The number of amides is 1. The molecular weight excluding hydrogens is 425 g/mol. The lowest BCUT2D eigenvalue weighted by molar-refractivity contribution is -0.0883. The van der Waals surface area contributed by atoms with Crippen molar-refractivity contribution >= 4 is 22.0 Å². The zero-order valence-electron chi connectivity index (χ0n) is 15.7. The van der Waals surface area contributed by atoms with E-state index in [4.69, 9.17) is 4.74 Å². The van der Waals surface area contributed by atoms with Crippen LogP contribution in [0.2, 0.25) is 0 Å². The molecule has 1 amide bonds. The third-order valence-electron chi connectivity index (χ3n) is 5.91. The second-order valence-electron chi connectivity index (χ2n) is 7.94. The van der Waals surface area contributed by atoms with Crippen LogP contribution in [0, 0.1) is 5.82 Å². The van der Waals surface area contributed by atoms with Crippen molar-refractivity contribution in [3.63, 3.8) is 0 Å². The lowest BCUT2D eigenvalue weighted by atomic mass is 9.82. The average molecular weight is 448 g/mol. The third kappa shape index (κ3) is 3.80. The minimum absolute atomic E-state index is 0.129. The summed E-state index contributed by atoms with van der Waals surface area (Å²) in [4.78, 5) is 14.7. The van der Waals surface area contributed by atoms with Gasteiger partial charge in [0.05, 0.1) is 11.6 Å². The first kappa shape index (κ1) is 19.4. The smallest absolute Gasteiger partial charge is 0.411 e. The molecule has 2 fully saturated rings. The van der Waals surface area contributed by atoms with Crippen LogP contribution in [0.1, 0.15) is 49.8 Å². The van der Waals surface area contributed by atoms with Crippen LogP contribution in [0.5, 0.6) is 0 Å². The summed E-state index contributed by atoms with van der Waals surface area (Å²) in [5.41, 5.74) is 0.0360. The summed E-state index contributed by atoms with van der Waals surface area (Å²) in [6, 6.07) is 13.8. The first-order chi connectivity index (χ1) is 13.3. The van der Waals surface area contributed by atoms with Gasteiger partial charge in [-0.1, -0.05) is 40.2 Å². The predicted octanol–water partition coefficient (Wildman–Crippen LogP) is 5.30. The first-order valence-electron chi connectivity index (χ1n) is 9.54. The number of nitrogens with zero attached hydrogens (tertiary/aromatic N) is 1. The van der Waals surface area contributed by atoms with Gasteiger partial charge in [0.15, 0.2) is 0 Å². The van der Waals surface area contributed by atoms with E-state index in [9.17, 15) is 14.3 Å². The number of aliphatic hydroxyl groups is 1. The zero-order chi connectivity index (χ0) is 19.9. The number of carbonyl (C=O) groups is 1. The fourth-order valence-electron chi connectivity index (χ4n) is 3.98. The van der Waals surface area contributed by atoms with E-state index in [1.165, 1.54) is 12.1 Å². The number of rotatable bonds is 5. The van der Waals surface area contributed by atoms with Crippen molar-refractivity contribution in [2.75, 3.05) is 6.54 Å². The number of carbonyl (C=O) groups excluding carboxylic acids is 1. The molecule has 1 aliphatic carbocycles. The Hall–Kier alpha value is -1.92. The minimum atomic E-state index is -0.925. The van der Waals surface area contributed by atoms with Crippen molar-refractivity contribution in [1.29, 1.82) is 0 Å². The van der Waals surface area contributed by atoms with E-state index in [1.54, 1.807) is 17.0 Å². The van der Waals surface area contributed by atoms with Gasteiger partial charge in [0.1, 0.15) is 11.4 Å². The van der Waals surface area contributed by atoms with Crippen LogP contribution in [-0.2, 0) is 10.3 Å². The van der Waals surface area contributed by atoms with Gasteiger partial charge in [0.2, 0.25) is 0 Å². The highest BCUT2D eigenvalue weighted by Crippen LogP contribution is 2.49. The monoisotopic (exact) mass is 447 g/mol. The summed E-state index contributed by atoms with van der Waals surface area (Å²) in [7, 11) is 0. The number of benzene rings is 2. The largest absolute Gasteiger partial charge is 0.438 e. The maximum atomic E-state index is 13.4. The van der Waals surface area contributed by atoms with Crippen molar-refractivity contribution in [2.45, 2.75) is 49.9 Å². The first-order valence-corrected chi connectivity index (χ1v) is 10.3. The van der Waals surface area contributed by atoms with Crippen molar-refractivity contribution in [3.8, 4) is 0 Å². The normalized spacial score (nSPS) is 24.6. The van der Waals surface area contributed by atoms with E-state index in [1.807, 2.05) is 31.2 Å². The molecule has 4 nitrogen and oxygen atoms in total. The molecule has 2 aliphatic rings. The molecule has 0 radical (unpaired) electrons. The molecule has 1 heterocycles. The van der Waals surface area contributed by atoms with Gasteiger partial charge in [-0.05, 0) is 55.2 Å². The summed E-state index contributed by atoms with van der Waals surface area (Å²) in [6.45, 7) is 2.48. The summed E-state index contributed by atoms with van der Waals surface area (Å²) in [5, 5.41) is 10.5. The van der Waals surface area contributed by atoms with Gasteiger partial charge in [0, 0.05) is 23.9 Å². The van der Waals surface area contributed by atoms with Crippen LogP contribution in [-0.4, -0.2) is 28.2 Å². The van der Waals surface area contributed by atoms with Crippen molar-refractivity contribution in [3.05, 3.63) is 69.9 Å². The molecule has 0 aromatic heterocycles. The topological polar surface area (TPSA) is 49.8 Å². The summed E-state index contributed by atoms with van der Waals surface area (Å²) < 4.78 is 20.4. The molecule has 6 heteroatoms. The van der Waals surface area contributed by atoms with Crippen LogP contribution < -0.4 is 0 Å². The molecule has 0 unspecified atom stereocenters. The Morgan fingerprint density at radius 1 is 1.14 bits per heavy atom. The summed E-state index contributed by atoms with van der Waals surface area (Å²) in [6.07, 6.45) is 1.89. The maximum Gasteiger partial charge on any atom is 0.411 e. The molecule has 1 saturated heterocycles. The Balaban J connectivity index is 1.58. The van der Waals surface area contributed by atoms with E-state index in [0.29, 0.717) is 32.2 Å². The SMILES string of the molecule is C[C@@H](c1ccc(Br)cc1)N1CC[C@](CC2(O)CC2)(c2ccc(F)cc2)OC1=O. The van der Waals surface area contributed by atoms with Crippen LogP contribution >= 0.6 is 15.9 Å². The van der Waals surface area contributed by atoms with Crippen LogP contribution in [0.4, 0.5) is 9.18 Å². The number of ether oxygens (including phenoxy) is 1. The third-order valence-corrected chi connectivity index (χ3v) is 6.43. The van der Waals surface area contributed by atoms with Gasteiger partial charge >= 0.3 is 6.09 Å². The number of cyclic esters (lactones) is 1. The molecule has 0 spiro atoms. The van der Waals surface area contributed by atoms with Crippen molar-refractivity contribution in [2.24, 2.45) is 0 Å². The lowest BCUT2D eigenvalue weighted by Gasteiger charge is -2.44. The van der Waals surface area contributed by atoms with Gasteiger partial charge in [-0.3, -0.25) is 0 Å². The Morgan fingerprint density at radius 3 is 2.36 bits per heavy atom. The fraction of sp³-hybridized carbons (Fsp3) is 0.409. The van der Waals surface area contributed by atoms with E-state index in [-0.39, 0.29) is 11.9 Å². The number of hydrogen-bond acceptors (Lipinski definition) is 3. The molecule has 148 valence electrons. The molecular formula is C22H23BrFNO3. The molecule has 0 bridgehead atoms. The lowest BCUT2D eigenvalue weighted by Crippen LogP contribution is -2.50. The van der Waals surface area contributed by atoms with Gasteiger partial charge in [-0.15, -0.1) is 0 Å². The Labute approximate surface area is 172 Å². The van der Waals surface area contributed by atoms with E-state index in [0.717, 1.165) is 15.6 Å². The molecule has 1 aliphatic heterocycles. The summed E-state index contributed by atoms with van der Waals surface area (Å²) in [5.74, 6) is -0.336. The van der Waals surface area contributed by atoms with Crippen LogP contribution in [0.15, 0.2) is 53.0 Å². The molecule has 28 heavy (non-hydrogen) atoms. The molecule has 1 N–H and O–H groups in total. The molecule has 4 rings (SSSR count). The van der Waals surface area contributed by atoms with Gasteiger partial charge in [-0.2, -0.15) is 0 Å². The molecule has 1 saturated carbocycles. The highest BCUT2D eigenvalue weighted by Gasteiger charge is 2.53. The number of halogens is 2. The second-order valence-corrected chi connectivity index (χ2v) is 8.86. The molecule has 2 atom stereocenters. The standard InChI is InChI=1S/C22H23BrFNO3/c1-15(16-2-6-18(23)7-3-16)25-13-12-22(28-20(25)26,14-21(27)10-11-21)17-4-8-19(24)9-5-17/h2-9,15,27H,10-14H2,1H3/t15-,22-/m0/s1. The Bertz CT molecular complexity index is 866. The van der Waals surface area contributed by atoms with E-state index in [2.05, 4.69) is 15.9 Å². The van der Waals surface area contributed by atoms with Gasteiger partial charge in [0.25, 0.3) is 0 Å². The predicted molar refractivity (Wildman–Crippen MR) is 107 cm³/mol. The van der Waals surface area contributed by atoms with Crippen molar-refractivity contribution in [1.82, 2.24) is 4.90 Å². The summed E-state index contributed by atoms with van der Waals surface area (Å²) >= 11 is 3.43. The van der Waals surface area contributed by atoms with Crippen LogP contribution in [0.25, 0.3) is 0 Å². The Morgan fingerprint density at radius 2 is 1.79 bits per heavy atom. The van der Waals surface area contributed by atoms with E-state index < -0.39 is 17.3 Å². The van der Waals surface area contributed by atoms with Gasteiger partial charge < -0.3 is 14.7 Å². The van der Waals surface area contributed by atoms with Gasteiger partial charge in [-0.25, -0.2) is 9.18 Å². The highest BCUT2D eigenvalue weighted by molar-refractivity contribution is 9.10. The number of hydrogen-bond donors (Lipinski definition) is 1. The Kier molecular flexibility index (Phi) is 4.96.